The molecule has 0 bridgehead atoms. The minimum absolute atomic E-state index is 0.113. The van der Waals surface area contributed by atoms with Gasteiger partial charge in [0.05, 0.1) is 16.6 Å². The van der Waals surface area contributed by atoms with Crippen LogP contribution in [0.1, 0.15) is 36.8 Å². The number of halogens is 7. The lowest BCUT2D eigenvalue weighted by Crippen LogP contribution is -2.54. The number of alkyl halides is 6. The summed E-state index contributed by atoms with van der Waals surface area (Å²) in [6.07, 6.45) is -11.5. The Morgan fingerprint density at radius 3 is 2.07 bits per heavy atom. The predicted octanol–water partition coefficient (Wildman–Crippen LogP) is 4.24. The lowest BCUT2D eigenvalue weighted by atomic mass is 9.87. The Labute approximate surface area is 231 Å². The standard InChI is InChI=1S/C26H28F7N3O4S/c27-19-3-6-21(7-4-19)41(39,40)36-20(14-23(37)35-11-9-16(15-34)10-12-35)5-1-17-13-18(2-8-22(17)36)24(38,25(28,29)30)26(31,32)33/h2-4,6-8,13,16,20,38H,1,5,9-12,14-15,34H2/t20-/m0/s1. The van der Waals surface area contributed by atoms with Crippen LogP contribution in [0, 0.1) is 11.7 Å². The number of likely N-dealkylation sites (tertiary alicyclic amines) is 1. The van der Waals surface area contributed by atoms with E-state index in [0.717, 1.165) is 34.6 Å². The minimum Gasteiger partial charge on any atom is -0.369 e. The van der Waals surface area contributed by atoms with Crippen molar-refractivity contribution in [1.82, 2.24) is 4.90 Å². The highest BCUT2D eigenvalue weighted by atomic mass is 32.2. The topological polar surface area (TPSA) is 104 Å². The molecule has 2 aliphatic rings. The highest BCUT2D eigenvalue weighted by molar-refractivity contribution is 7.92. The van der Waals surface area contributed by atoms with Gasteiger partial charge in [-0.15, -0.1) is 0 Å². The summed E-state index contributed by atoms with van der Waals surface area (Å²) in [5.41, 5.74) is -1.46. The molecule has 0 saturated carbocycles. The van der Waals surface area contributed by atoms with Gasteiger partial charge >= 0.3 is 12.4 Å². The molecule has 1 saturated heterocycles. The van der Waals surface area contributed by atoms with Crippen LogP contribution in [0.2, 0.25) is 0 Å². The maximum absolute atomic E-state index is 13.8. The maximum Gasteiger partial charge on any atom is 0.430 e. The monoisotopic (exact) mass is 611 g/mol. The summed E-state index contributed by atoms with van der Waals surface area (Å²) in [6.45, 7) is 1.28. The fourth-order valence-electron chi connectivity index (χ4n) is 5.33. The van der Waals surface area contributed by atoms with Crippen molar-refractivity contribution in [3.63, 3.8) is 0 Å². The molecule has 0 spiro atoms. The molecule has 7 nitrogen and oxygen atoms in total. The molecule has 3 N–H and O–H groups in total. The second-order valence-electron chi connectivity index (χ2n) is 10.3. The third-order valence-corrected chi connectivity index (χ3v) is 9.60. The fraction of sp³-hybridized carbons (Fsp3) is 0.500. The molecule has 1 atom stereocenters. The fourth-order valence-corrected chi connectivity index (χ4v) is 7.05. The molecule has 0 aliphatic carbocycles. The predicted molar refractivity (Wildman–Crippen MR) is 134 cm³/mol. The first-order valence-corrected chi connectivity index (χ1v) is 14.2. The number of hydrogen-bond acceptors (Lipinski definition) is 5. The van der Waals surface area contributed by atoms with Gasteiger partial charge in [0, 0.05) is 25.1 Å². The average Bonchev–Trinajstić information content (AvgIpc) is 2.91. The lowest BCUT2D eigenvalue weighted by molar-refractivity contribution is -0.376. The summed E-state index contributed by atoms with van der Waals surface area (Å²) in [6, 6.07) is 4.29. The van der Waals surface area contributed by atoms with Gasteiger partial charge in [0.1, 0.15) is 5.82 Å². The van der Waals surface area contributed by atoms with Crippen molar-refractivity contribution in [2.75, 3.05) is 23.9 Å². The molecule has 2 aromatic rings. The third-order valence-electron chi connectivity index (χ3n) is 7.72. The molecule has 15 heteroatoms. The number of benzene rings is 2. The highest BCUT2D eigenvalue weighted by Gasteiger charge is 2.71. The molecule has 1 fully saturated rings. The molecule has 41 heavy (non-hydrogen) atoms. The maximum atomic E-state index is 13.8. The molecule has 4 rings (SSSR count). The minimum atomic E-state index is -6.12. The molecule has 2 aromatic carbocycles. The summed E-state index contributed by atoms with van der Waals surface area (Å²) in [7, 11) is -4.56. The Bertz CT molecular complexity index is 1360. The van der Waals surface area contributed by atoms with E-state index in [-0.39, 0.29) is 47.2 Å². The quantitative estimate of drug-likeness (QED) is 0.476. The van der Waals surface area contributed by atoms with Crippen LogP contribution in [0.15, 0.2) is 47.4 Å². The van der Waals surface area contributed by atoms with Crippen LogP contribution >= 0.6 is 0 Å². The van der Waals surface area contributed by atoms with Crippen molar-refractivity contribution in [1.29, 1.82) is 0 Å². The second kappa shape index (κ2) is 11.1. The van der Waals surface area contributed by atoms with Gasteiger partial charge in [0.15, 0.2) is 0 Å². The van der Waals surface area contributed by atoms with Crippen molar-refractivity contribution in [3.05, 3.63) is 59.4 Å². The van der Waals surface area contributed by atoms with Gasteiger partial charge in [-0.2, -0.15) is 26.3 Å². The van der Waals surface area contributed by atoms with Crippen molar-refractivity contribution in [2.45, 2.75) is 61.0 Å². The zero-order chi connectivity index (χ0) is 30.4. The van der Waals surface area contributed by atoms with E-state index >= 15 is 0 Å². The first-order chi connectivity index (χ1) is 19.0. The Balaban J connectivity index is 1.76. The number of nitrogens with two attached hydrogens (primary N) is 1. The Morgan fingerprint density at radius 1 is 0.951 bits per heavy atom. The smallest absolute Gasteiger partial charge is 0.369 e. The molecule has 0 aromatic heterocycles. The van der Waals surface area contributed by atoms with E-state index in [1.54, 1.807) is 4.90 Å². The van der Waals surface area contributed by atoms with Crippen molar-refractivity contribution in [3.8, 4) is 0 Å². The number of amides is 1. The zero-order valence-corrected chi connectivity index (χ0v) is 22.4. The van der Waals surface area contributed by atoms with Crippen LogP contribution in [0.5, 0.6) is 0 Å². The van der Waals surface area contributed by atoms with E-state index in [2.05, 4.69) is 0 Å². The van der Waals surface area contributed by atoms with Crippen LogP contribution in [-0.2, 0) is 26.8 Å². The number of aryl methyl sites for hydroxylation is 1. The number of sulfonamides is 1. The molecular weight excluding hydrogens is 583 g/mol. The Hall–Kier alpha value is -2.91. The van der Waals surface area contributed by atoms with E-state index in [0.29, 0.717) is 44.6 Å². The molecule has 226 valence electrons. The van der Waals surface area contributed by atoms with E-state index in [9.17, 15) is 49.1 Å². The molecule has 0 unspecified atom stereocenters. The van der Waals surface area contributed by atoms with Crippen LogP contribution in [0.25, 0.3) is 0 Å². The van der Waals surface area contributed by atoms with Crippen molar-refractivity contribution in [2.24, 2.45) is 11.7 Å². The Kier molecular flexibility index (Phi) is 8.37. The summed E-state index contributed by atoms with van der Waals surface area (Å²) < 4.78 is 123. The van der Waals surface area contributed by atoms with Crippen LogP contribution in [0.3, 0.4) is 0 Å². The van der Waals surface area contributed by atoms with E-state index in [1.165, 1.54) is 0 Å². The summed E-state index contributed by atoms with van der Waals surface area (Å²) in [4.78, 5) is 14.4. The lowest BCUT2D eigenvalue weighted by Gasteiger charge is -2.40. The molecule has 2 aliphatic heterocycles. The second-order valence-corrected chi connectivity index (χ2v) is 12.1. The number of anilines is 1. The summed E-state index contributed by atoms with van der Waals surface area (Å²) in [5.74, 6) is -0.857. The number of carbonyl (C=O) groups excluding carboxylic acids is 1. The van der Waals surface area contributed by atoms with E-state index < -0.39 is 45.4 Å². The highest BCUT2D eigenvalue weighted by Crippen LogP contribution is 2.51. The summed E-state index contributed by atoms with van der Waals surface area (Å²) in [5, 5.41) is 9.86. The van der Waals surface area contributed by atoms with Crippen LogP contribution < -0.4 is 10.0 Å². The van der Waals surface area contributed by atoms with Crippen molar-refractivity contribution >= 4 is 21.6 Å². The van der Waals surface area contributed by atoms with Crippen molar-refractivity contribution < 1.29 is 49.1 Å². The number of rotatable bonds is 6. The molecule has 1 amide bonds. The molecular formula is C26H28F7N3O4S. The van der Waals surface area contributed by atoms with E-state index in [1.807, 2.05) is 0 Å². The average molecular weight is 612 g/mol. The number of hydrogen-bond donors (Lipinski definition) is 2. The molecule has 0 radical (unpaired) electrons. The number of nitrogens with zero attached hydrogens (tertiary/aromatic N) is 2. The number of aliphatic hydroxyl groups is 1. The van der Waals surface area contributed by atoms with Gasteiger partial charge in [-0.3, -0.25) is 9.10 Å². The van der Waals surface area contributed by atoms with E-state index in [4.69, 9.17) is 5.73 Å². The number of fused-ring (bicyclic) bond motifs is 1. The number of carbonyl (C=O) groups is 1. The normalized spacial score (nSPS) is 19.3. The van der Waals surface area contributed by atoms with Gasteiger partial charge in [-0.05, 0) is 74.0 Å². The van der Waals surface area contributed by atoms with Crippen LogP contribution in [0.4, 0.5) is 36.4 Å². The first-order valence-electron chi connectivity index (χ1n) is 12.8. The largest absolute Gasteiger partial charge is 0.430 e. The SMILES string of the molecule is NCC1CCN(C(=O)C[C@@H]2CCc3cc(C(O)(C(F)(F)F)C(F)(F)F)ccc3N2S(=O)(=O)c2ccc(F)cc2)CC1. The van der Waals surface area contributed by atoms with Gasteiger partial charge < -0.3 is 15.7 Å². The van der Waals surface area contributed by atoms with Gasteiger partial charge in [-0.25, -0.2) is 12.8 Å². The Morgan fingerprint density at radius 2 is 1.54 bits per heavy atom. The van der Waals surface area contributed by atoms with Gasteiger partial charge in [0.25, 0.3) is 15.6 Å². The van der Waals surface area contributed by atoms with Gasteiger partial charge in [0.2, 0.25) is 5.91 Å². The molecule has 2 heterocycles. The van der Waals surface area contributed by atoms with Crippen LogP contribution in [-0.4, -0.2) is 62.4 Å². The number of piperidine rings is 1. The zero-order valence-electron chi connectivity index (χ0n) is 21.6. The summed E-state index contributed by atoms with van der Waals surface area (Å²) >= 11 is 0. The van der Waals surface area contributed by atoms with Gasteiger partial charge in [-0.1, -0.05) is 12.1 Å². The third kappa shape index (κ3) is 5.75. The first kappa shape index (κ1) is 31.0.